The molecular formula is C5H4Cl6Ge2S. The van der Waals surface area contributed by atoms with Gasteiger partial charge < -0.3 is 0 Å². The molecule has 0 nitrogen and oxygen atoms in total. The average Bonchev–Trinajstić information content (AvgIpc) is 2.27. The number of rotatable bonds is 2. The quantitative estimate of drug-likeness (QED) is 0.598. The van der Waals surface area contributed by atoms with Crippen molar-refractivity contribution in [2.75, 3.05) is 0 Å². The average molecular weight is 454 g/mol. The van der Waals surface area contributed by atoms with E-state index >= 15 is 0 Å². The zero-order chi connectivity index (χ0) is 11.1. The Morgan fingerprint density at radius 3 is 1.71 bits per heavy atom. The Morgan fingerprint density at radius 1 is 1.00 bits per heavy atom. The molecule has 1 aromatic rings. The van der Waals surface area contributed by atoms with Crippen LogP contribution in [0.4, 0.5) is 0 Å². The van der Waals surface area contributed by atoms with Gasteiger partial charge >= 0.3 is 118 Å². The molecule has 0 fully saturated rings. The summed E-state index contributed by atoms with van der Waals surface area (Å²) in [5.74, 6) is 0. The van der Waals surface area contributed by atoms with Gasteiger partial charge in [-0.05, 0) is 0 Å². The summed E-state index contributed by atoms with van der Waals surface area (Å²) >= 11 is 1.35. The van der Waals surface area contributed by atoms with Crippen molar-refractivity contribution in [3.05, 3.63) is 11.6 Å². The fraction of sp³-hybridized carbons (Fsp3) is 0.200. The van der Waals surface area contributed by atoms with E-state index in [4.69, 9.17) is 60.1 Å². The van der Waals surface area contributed by atoms with Crippen LogP contribution in [0.15, 0.2) is 6.07 Å². The molecule has 0 N–H and O–H groups in total. The molecule has 0 unspecified atom stereocenters. The van der Waals surface area contributed by atoms with Crippen LogP contribution in [0.2, 0.25) is 0 Å². The molecule has 14 heavy (non-hydrogen) atoms. The minimum atomic E-state index is -3.34. The summed E-state index contributed by atoms with van der Waals surface area (Å²) in [5, 5.41) is 0. The molecule has 0 spiro atoms. The van der Waals surface area contributed by atoms with Gasteiger partial charge in [-0.1, -0.05) is 0 Å². The number of aryl methyl sites for hydroxylation is 1. The Morgan fingerprint density at radius 2 is 1.50 bits per heavy atom. The van der Waals surface area contributed by atoms with Crippen LogP contribution < -0.4 is 7.42 Å². The van der Waals surface area contributed by atoms with E-state index in [9.17, 15) is 0 Å². The Bertz CT molecular complexity index is 337. The van der Waals surface area contributed by atoms with Crippen LogP contribution in [0.5, 0.6) is 0 Å². The van der Waals surface area contributed by atoms with E-state index < -0.39 is 21.0 Å². The van der Waals surface area contributed by atoms with Crippen LogP contribution in [0, 0.1) is 6.92 Å². The van der Waals surface area contributed by atoms with Crippen molar-refractivity contribution in [2.45, 2.75) is 6.92 Å². The molecule has 0 amide bonds. The summed E-state index contributed by atoms with van der Waals surface area (Å²) in [5.41, 5.74) is 0.932. The second-order valence-corrected chi connectivity index (χ2v) is 35.3. The van der Waals surface area contributed by atoms with Crippen LogP contribution >= 0.6 is 71.4 Å². The third-order valence-electron chi connectivity index (χ3n) is 1.45. The maximum atomic E-state index is 5.95. The molecular weight excluding hydrogens is 450 g/mol. The Hall–Kier alpha value is 2.53. The zero-order valence-electron chi connectivity index (χ0n) is 6.75. The molecule has 0 saturated carbocycles. The molecule has 0 aliphatic heterocycles. The molecule has 0 bridgehead atoms. The molecule has 80 valence electrons. The van der Waals surface area contributed by atoms with E-state index in [1.54, 1.807) is 0 Å². The number of thiophene rings is 1. The van der Waals surface area contributed by atoms with Gasteiger partial charge in [0.1, 0.15) is 0 Å². The zero-order valence-corrected chi connectivity index (χ0v) is 16.3. The molecule has 0 atom stereocenters. The molecule has 0 aliphatic carbocycles. The predicted octanol–water partition coefficient (Wildman–Crippen LogP) is 3.78. The van der Waals surface area contributed by atoms with Gasteiger partial charge in [0.05, 0.1) is 0 Å². The van der Waals surface area contributed by atoms with Gasteiger partial charge in [0, 0.05) is 0 Å². The van der Waals surface area contributed by atoms with Gasteiger partial charge in [0.25, 0.3) is 0 Å². The van der Waals surface area contributed by atoms with Gasteiger partial charge in [-0.3, -0.25) is 0 Å². The van der Waals surface area contributed by atoms with Crippen molar-refractivity contribution in [1.82, 2.24) is 0 Å². The summed E-state index contributed by atoms with van der Waals surface area (Å²) in [4.78, 5) is 0. The summed E-state index contributed by atoms with van der Waals surface area (Å²) in [6, 6.07) is 1.83. The third kappa shape index (κ3) is 3.78. The van der Waals surface area contributed by atoms with Gasteiger partial charge in [-0.15, -0.1) is 0 Å². The minimum absolute atomic E-state index is 0.777. The van der Waals surface area contributed by atoms with Crippen molar-refractivity contribution in [1.29, 1.82) is 0 Å². The summed E-state index contributed by atoms with van der Waals surface area (Å²) < 4.78 is 1.58. The van der Waals surface area contributed by atoms with Crippen molar-refractivity contribution in [2.24, 2.45) is 0 Å². The van der Waals surface area contributed by atoms with Crippen LogP contribution in [-0.2, 0) is 0 Å². The first kappa shape index (κ1) is 14.6. The topological polar surface area (TPSA) is 0 Å². The number of halogens is 6. The summed E-state index contributed by atoms with van der Waals surface area (Å²) in [7, 11) is 28.9. The molecule has 1 heterocycles. The first-order valence-corrected chi connectivity index (χ1v) is 22.8. The standard InChI is InChI=1S/C5H4Cl6Ge2S/c1-3-2-4(12(6,7)8)14-5(3)13(9,10)11/h2H,1H3. The Labute approximate surface area is 117 Å². The molecule has 9 heteroatoms. The molecule has 0 radical (unpaired) electrons. The third-order valence-corrected chi connectivity index (χ3v) is 19.8. The van der Waals surface area contributed by atoms with Crippen LogP contribution in [0.25, 0.3) is 0 Å². The first-order chi connectivity index (χ1) is 6.12. The maximum absolute atomic E-state index is 5.95. The first-order valence-electron chi connectivity index (χ1n) is 3.37. The van der Waals surface area contributed by atoms with Gasteiger partial charge in [-0.25, -0.2) is 0 Å². The molecule has 0 aromatic carbocycles. The molecule has 1 aromatic heterocycles. The van der Waals surface area contributed by atoms with E-state index in [-0.39, 0.29) is 0 Å². The number of hydrogen-bond donors (Lipinski definition) is 0. The van der Waals surface area contributed by atoms with Crippen molar-refractivity contribution in [3.8, 4) is 0 Å². The van der Waals surface area contributed by atoms with E-state index in [2.05, 4.69) is 0 Å². The fourth-order valence-electron chi connectivity index (χ4n) is 0.903. The van der Waals surface area contributed by atoms with Crippen LogP contribution in [-0.4, -0.2) is 21.0 Å². The second kappa shape index (κ2) is 5.03. The van der Waals surface area contributed by atoms with Crippen LogP contribution in [0.3, 0.4) is 0 Å². The SMILES string of the molecule is Cc1c[c]([Ge]([Cl])([Cl])[Cl])s[c]1[Ge]([Cl])([Cl])[Cl]. The Kier molecular flexibility index (Phi) is 5.24. The van der Waals surface area contributed by atoms with Gasteiger partial charge in [0.15, 0.2) is 0 Å². The predicted molar refractivity (Wildman–Crippen MR) is 75.0 cm³/mol. The van der Waals surface area contributed by atoms with E-state index in [0.29, 0.717) is 0 Å². The van der Waals surface area contributed by atoms with E-state index in [0.717, 1.165) is 13.0 Å². The molecule has 1 rings (SSSR count). The summed E-state index contributed by atoms with van der Waals surface area (Å²) in [6.45, 7) is 1.88. The van der Waals surface area contributed by atoms with Gasteiger partial charge in [0.2, 0.25) is 0 Å². The van der Waals surface area contributed by atoms with E-state index in [1.165, 1.54) is 11.3 Å². The van der Waals surface area contributed by atoms with Crippen molar-refractivity contribution < 1.29 is 0 Å². The van der Waals surface area contributed by atoms with Crippen molar-refractivity contribution in [3.63, 3.8) is 0 Å². The second-order valence-electron chi connectivity index (χ2n) is 2.62. The van der Waals surface area contributed by atoms with Gasteiger partial charge in [-0.2, -0.15) is 0 Å². The molecule has 0 saturated heterocycles. The van der Waals surface area contributed by atoms with Crippen molar-refractivity contribution >= 4 is 99.8 Å². The number of hydrogen-bond acceptors (Lipinski definition) is 1. The fourth-order valence-corrected chi connectivity index (χ4v) is 14.6. The van der Waals surface area contributed by atoms with Crippen LogP contribution in [0.1, 0.15) is 5.56 Å². The normalized spacial score (nSPS) is 13.4. The Balaban J connectivity index is 3.19. The monoisotopic (exact) mass is 454 g/mol. The van der Waals surface area contributed by atoms with E-state index in [1.807, 2.05) is 13.0 Å². The molecule has 0 aliphatic rings. The summed E-state index contributed by atoms with van der Waals surface area (Å²) in [6.07, 6.45) is 0.